The lowest BCUT2D eigenvalue weighted by Gasteiger charge is -2.30. The minimum absolute atomic E-state index is 0.0212. The predicted octanol–water partition coefficient (Wildman–Crippen LogP) is 10.0. The Morgan fingerprint density at radius 2 is 1.03 bits per heavy atom. The first kappa shape index (κ1) is 23.6. The van der Waals surface area contributed by atoms with Crippen molar-refractivity contribution in [2.45, 2.75) is 51.4 Å². The summed E-state index contributed by atoms with van der Waals surface area (Å²) in [6.07, 6.45) is 6.46. The standard InChI is InChI=1S/C36H36O2/c1-3-24-19-25(4-2)33-23-36(22-32(24)33)34-20-28(37-26-11-7-5-8-12-26)15-17-30(34)31-18-16-29(21-35(31)36)38-27-13-9-6-10-14-27/h5-18,20-21,24-25,32-33H,3-4,19,22-23H2,1-2H3. The van der Waals surface area contributed by atoms with Crippen LogP contribution in [0.2, 0.25) is 0 Å². The molecule has 4 atom stereocenters. The maximum Gasteiger partial charge on any atom is 0.127 e. The number of hydrogen-bond acceptors (Lipinski definition) is 2. The van der Waals surface area contributed by atoms with Crippen molar-refractivity contribution in [1.82, 2.24) is 0 Å². The first-order valence-electron chi connectivity index (χ1n) is 14.4. The summed E-state index contributed by atoms with van der Waals surface area (Å²) in [6.45, 7) is 4.80. The zero-order valence-electron chi connectivity index (χ0n) is 22.4. The zero-order chi connectivity index (χ0) is 25.7. The van der Waals surface area contributed by atoms with Gasteiger partial charge in [-0.1, -0.05) is 75.2 Å². The molecule has 3 aliphatic carbocycles. The molecule has 0 heterocycles. The Labute approximate surface area is 226 Å². The molecule has 38 heavy (non-hydrogen) atoms. The largest absolute Gasteiger partial charge is 0.457 e. The molecular weight excluding hydrogens is 464 g/mol. The van der Waals surface area contributed by atoms with Gasteiger partial charge in [-0.25, -0.2) is 0 Å². The average Bonchev–Trinajstić information content (AvgIpc) is 3.59. The number of benzene rings is 4. The van der Waals surface area contributed by atoms with Crippen molar-refractivity contribution in [1.29, 1.82) is 0 Å². The van der Waals surface area contributed by atoms with Gasteiger partial charge in [0.2, 0.25) is 0 Å². The van der Waals surface area contributed by atoms with E-state index >= 15 is 0 Å². The van der Waals surface area contributed by atoms with Crippen LogP contribution < -0.4 is 9.47 Å². The van der Waals surface area contributed by atoms with E-state index in [-0.39, 0.29) is 5.41 Å². The molecule has 7 rings (SSSR count). The first-order valence-corrected chi connectivity index (χ1v) is 14.4. The molecule has 0 saturated heterocycles. The van der Waals surface area contributed by atoms with Crippen LogP contribution in [-0.2, 0) is 5.41 Å². The van der Waals surface area contributed by atoms with Crippen molar-refractivity contribution in [3.05, 3.63) is 108 Å². The summed E-state index contributed by atoms with van der Waals surface area (Å²) in [6, 6.07) is 33.9. The fraction of sp³-hybridized carbons (Fsp3) is 0.333. The van der Waals surface area contributed by atoms with Gasteiger partial charge < -0.3 is 9.47 Å². The third-order valence-corrected chi connectivity index (χ3v) is 9.84. The molecule has 0 bridgehead atoms. The lowest BCUT2D eigenvalue weighted by molar-refractivity contribution is 0.323. The van der Waals surface area contributed by atoms with Crippen molar-refractivity contribution in [3.63, 3.8) is 0 Å². The highest BCUT2D eigenvalue weighted by molar-refractivity contribution is 5.83. The third-order valence-electron chi connectivity index (χ3n) is 9.84. The van der Waals surface area contributed by atoms with Gasteiger partial charge in [0, 0.05) is 5.41 Å². The topological polar surface area (TPSA) is 18.5 Å². The van der Waals surface area contributed by atoms with Crippen LogP contribution in [0.3, 0.4) is 0 Å². The van der Waals surface area contributed by atoms with Crippen LogP contribution in [0.1, 0.15) is 57.1 Å². The highest BCUT2D eigenvalue weighted by Gasteiger charge is 2.57. The molecule has 0 aromatic heterocycles. The molecule has 0 amide bonds. The second-order valence-electron chi connectivity index (χ2n) is 11.6. The number of rotatable bonds is 6. The van der Waals surface area contributed by atoms with Gasteiger partial charge in [0.15, 0.2) is 0 Å². The van der Waals surface area contributed by atoms with Crippen LogP contribution in [0.5, 0.6) is 23.0 Å². The Bertz CT molecular complexity index is 1330. The summed E-state index contributed by atoms with van der Waals surface area (Å²) in [7, 11) is 0. The van der Waals surface area contributed by atoms with Crippen molar-refractivity contribution in [2.75, 3.05) is 0 Å². The Morgan fingerprint density at radius 1 is 0.579 bits per heavy atom. The number of para-hydroxylation sites is 2. The SMILES string of the molecule is CCC1CC(CC)C2CC3(CC12)c1cc(Oc2ccccc2)ccc1-c1ccc(Oc2ccccc2)cc13. The smallest absolute Gasteiger partial charge is 0.127 e. The third kappa shape index (κ3) is 3.76. The van der Waals surface area contributed by atoms with E-state index in [0.29, 0.717) is 0 Å². The van der Waals surface area contributed by atoms with Gasteiger partial charge in [0.05, 0.1) is 0 Å². The van der Waals surface area contributed by atoms with Gasteiger partial charge in [0.25, 0.3) is 0 Å². The number of ether oxygens (including phenoxy) is 2. The van der Waals surface area contributed by atoms with Crippen molar-refractivity contribution >= 4 is 0 Å². The maximum absolute atomic E-state index is 6.36. The van der Waals surface area contributed by atoms with E-state index in [1.165, 1.54) is 54.4 Å². The molecule has 0 N–H and O–H groups in total. The summed E-state index contributed by atoms with van der Waals surface area (Å²) < 4.78 is 12.7. The van der Waals surface area contributed by atoms with Gasteiger partial charge in [-0.3, -0.25) is 0 Å². The first-order chi connectivity index (χ1) is 18.7. The molecule has 2 saturated carbocycles. The van der Waals surface area contributed by atoms with Crippen LogP contribution in [0.15, 0.2) is 97.1 Å². The van der Waals surface area contributed by atoms with E-state index in [4.69, 9.17) is 9.47 Å². The quantitative estimate of drug-likeness (QED) is 0.262. The van der Waals surface area contributed by atoms with Gasteiger partial charge in [0.1, 0.15) is 23.0 Å². The van der Waals surface area contributed by atoms with Crippen molar-refractivity contribution in [2.24, 2.45) is 23.7 Å². The molecule has 0 radical (unpaired) electrons. The van der Waals surface area contributed by atoms with E-state index in [9.17, 15) is 0 Å². The van der Waals surface area contributed by atoms with E-state index in [1.807, 2.05) is 60.7 Å². The summed E-state index contributed by atoms with van der Waals surface area (Å²) in [4.78, 5) is 0. The second-order valence-corrected chi connectivity index (χ2v) is 11.6. The lowest BCUT2D eigenvalue weighted by Crippen LogP contribution is -2.24. The van der Waals surface area contributed by atoms with Crippen LogP contribution in [0.4, 0.5) is 0 Å². The molecule has 4 aromatic carbocycles. The van der Waals surface area contributed by atoms with Crippen LogP contribution >= 0.6 is 0 Å². The fourth-order valence-electron chi connectivity index (χ4n) is 8.17. The van der Waals surface area contributed by atoms with E-state index < -0.39 is 0 Å². The normalized spacial score (nSPS) is 24.2. The number of hydrogen-bond donors (Lipinski definition) is 0. The lowest BCUT2D eigenvalue weighted by atomic mass is 9.73. The average molecular weight is 501 g/mol. The molecular formula is C36H36O2. The minimum atomic E-state index is 0.0212. The van der Waals surface area contributed by atoms with E-state index in [2.05, 4.69) is 50.2 Å². The second kappa shape index (κ2) is 9.34. The monoisotopic (exact) mass is 500 g/mol. The molecule has 2 nitrogen and oxygen atoms in total. The van der Waals surface area contributed by atoms with Crippen molar-refractivity contribution < 1.29 is 9.47 Å². The number of fused-ring (bicyclic) bond motifs is 6. The molecule has 4 aromatic rings. The fourth-order valence-corrected chi connectivity index (χ4v) is 8.17. The van der Waals surface area contributed by atoms with E-state index in [1.54, 1.807) is 0 Å². The molecule has 1 spiro atoms. The Morgan fingerprint density at radius 3 is 1.45 bits per heavy atom. The van der Waals surface area contributed by atoms with Gasteiger partial charge in [-0.15, -0.1) is 0 Å². The highest BCUT2D eigenvalue weighted by Crippen LogP contribution is 2.66. The molecule has 0 aliphatic heterocycles. The molecule has 3 aliphatic rings. The predicted molar refractivity (Wildman–Crippen MR) is 154 cm³/mol. The molecule has 192 valence electrons. The van der Waals surface area contributed by atoms with Crippen molar-refractivity contribution in [3.8, 4) is 34.1 Å². The Kier molecular flexibility index (Phi) is 5.80. The Balaban J connectivity index is 1.33. The summed E-state index contributed by atoms with van der Waals surface area (Å²) in [5.74, 6) is 6.89. The van der Waals surface area contributed by atoms with Crippen LogP contribution in [0, 0.1) is 23.7 Å². The summed E-state index contributed by atoms with van der Waals surface area (Å²) in [5.41, 5.74) is 5.67. The summed E-state index contributed by atoms with van der Waals surface area (Å²) >= 11 is 0. The summed E-state index contributed by atoms with van der Waals surface area (Å²) in [5, 5.41) is 0. The molecule has 2 heteroatoms. The molecule has 2 fully saturated rings. The van der Waals surface area contributed by atoms with Crippen LogP contribution in [0.25, 0.3) is 11.1 Å². The minimum Gasteiger partial charge on any atom is -0.457 e. The van der Waals surface area contributed by atoms with Gasteiger partial charge >= 0.3 is 0 Å². The molecule has 4 unspecified atom stereocenters. The van der Waals surface area contributed by atoms with Crippen LogP contribution in [-0.4, -0.2) is 0 Å². The van der Waals surface area contributed by atoms with E-state index in [0.717, 1.165) is 46.7 Å². The maximum atomic E-state index is 6.36. The van der Waals surface area contributed by atoms with Gasteiger partial charge in [-0.2, -0.15) is 0 Å². The highest BCUT2D eigenvalue weighted by atomic mass is 16.5. The Hall–Kier alpha value is -3.52. The zero-order valence-corrected chi connectivity index (χ0v) is 22.4. The van der Waals surface area contributed by atoms with Gasteiger partial charge in [-0.05, 0) is 114 Å².